The highest BCUT2D eigenvalue weighted by Crippen LogP contribution is 2.31. The van der Waals surface area contributed by atoms with Crippen LogP contribution in [0.1, 0.15) is 48.5 Å². The van der Waals surface area contributed by atoms with Crippen LogP contribution in [0.2, 0.25) is 0 Å². The summed E-state index contributed by atoms with van der Waals surface area (Å²) in [7, 11) is 1.71. The molecule has 3 heterocycles. The first-order valence-electron chi connectivity index (χ1n) is 10.4. The van der Waals surface area contributed by atoms with Crippen LogP contribution in [-0.4, -0.2) is 27.6 Å². The molecule has 1 aliphatic rings. The Kier molecular flexibility index (Phi) is 6.01. The molecule has 0 unspecified atom stereocenters. The summed E-state index contributed by atoms with van der Waals surface area (Å²) in [6, 6.07) is 5.12. The van der Waals surface area contributed by atoms with Gasteiger partial charge in [0.1, 0.15) is 23.0 Å². The maximum Gasteiger partial charge on any atom is 0.277 e. The number of fused-ring (bicyclic) bond motifs is 1. The summed E-state index contributed by atoms with van der Waals surface area (Å²) >= 11 is 0. The number of nitrogens with zero attached hydrogens (tertiary/aromatic N) is 3. The summed E-state index contributed by atoms with van der Waals surface area (Å²) in [6.45, 7) is 4.85. The van der Waals surface area contributed by atoms with Crippen molar-refractivity contribution in [3.8, 4) is 0 Å². The van der Waals surface area contributed by atoms with Crippen molar-refractivity contribution in [2.45, 2.75) is 32.7 Å². The van der Waals surface area contributed by atoms with Gasteiger partial charge < -0.3 is 15.2 Å². The summed E-state index contributed by atoms with van der Waals surface area (Å²) in [4.78, 5) is 21.9. The highest BCUT2D eigenvalue weighted by atomic mass is 19.3. The molecule has 1 aliphatic heterocycles. The Bertz CT molecular complexity index is 1270. The Balaban J connectivity index is 1.82. The Morgan fingerprint density at radius 1 is 1.22 bits per heavy atom. The number of aryl methyl sites for hydroxylation is 1. The van der Waals surface area contributed by atoms with E-state index in [4.69, 9.17) is 0 Å². The van der Waals surface area contributed by atoms with Crippen LogP contribution in [0.3, 0.4) is 0 Å². The topological polar surface area (TPSA) is 71.8 Å². The van der Waals surface area contributed by atoms with E-state index in [0.717, 1.165) is 30.3 Å². The predicted molar refractivity (Wildman–Crippen MR) is 118 cm³/mol. The van der Waals surface area contributed by atoms with E-state index < -0.39 is 23.8 Å². The number of anilines is 1. The molecule has 0 spiro atoms. The average Bonchev–Trinajstić information content (AvgIpc) is 2.77. The highest BCUT2D eigenvalue weighted by Gasteiger charge is 2.22. The van der Waals surface area contributed by atoms with E-state index in [1.807, 2.05) is 12.1 Å². The first-order valence-corrected chi connectivity index (χ1v) is 10.4. The predicted octanol–water partition coefficient (Wildman–Crippen LogP) is 4.26. The molecule has 168 valence electrons. The minimum atomic E-state index is -2.91. The zero-order chi connectivity index (χ0) is 23.0. The van der Waals surface area contributed by atoms with Crippen LogP contribution in [0.25, 0.3) is 16.5 Å². The van der Waals surface area contributed by atoms with E-state index in [-0.39, 0.29) is 16.6 Å². The molecule has 0 radical (unpaired) electrons. The maximum atomic E-state index is 14.7. The molecule has 32 heavy (non-hydrogen) atoms. The number of nitrogens with one attached hydrogen (secondary N) is 2. The van der Waals surface area contributed by atoms with Crippen LogP contribution in [0.15, 0.2) is 35.1 Å². The molecule has 0 saturated heterocycles. The van der Waals surface area contributed by atoms with Crippen LogP contribution < -0.4 is 16.2 Å². The van der Waals surface area contributed by atoms with Crippen LogP contribution >= 0.6 is 0 Å². The zero-order valence-corrected chi connectivity index (χ0v) is 18.0. The molecule has 3 aromatic rings. The largest absolute Gasteiger partial charge is 0.363 e. The summed E-state index contributed by atoms with van der Waals surface area (Å²) in [5, 5.41) is 6.86. The molecule has 0 amide bonds. The molecule has 0 aliphatic carbocycles. The van der Waals surface area contributed by atoms with E-state index in [2.05, 4.69) is 20.6 Å². The first-order chi connectivity index (χ1) is 15.3. The van der Waals surface area contributed by atoms with Gasteiger partial charge in [-0.2, -0.15) is 0 Å². The number of pyridine rings is 1. The van der Waals surface area contributed by atoms with Gasteiger partial charge in [-0.3, -0.25) is 4.79 Å². The van der Waals surface area contributed by atoms with Crippen LogP contribution in [0.4, 0.5) is 19.0 Å². The molecular formula is C23H24F3N5O. The van der Waals surface area contributed by atoms with Gasteiger partial charge in [0.15, 0.2) is 0 Å². The van der Waals surface area contributed by atoms with Crippen LogP contribution in [-0.2, 0) is 7.05 Å². The Morgan fingerprint density at radius 3 is 2.66 bits per heavy atom. The second-order valence-electron chi connectivity index (χ2n) is 7.88. The number of aromatic nitrogens is 3. The standard InChI is InChI=1S/C23H24F3N5O/c1-12(15-5-4-6-16(19(15)24)21(25)26)28-22-17-11-18(14-7-9-27-10-8-14)31(3)23(32)20(17)29-13(2)30-22/h4-7,11-12,21,27H,8-10H2,1-3H3,(H,28,29,30)/t12-/m1/s1. The Labute approximate surface area is 183 Å². The molecule has 0 bridgehead atoms. The summed E-state index contributed by atoms with van der Waals surface area (Å²) in [6.07, 6.45) is -0.0933. The quantitative estimate of drug-likeness (QED) is 0.617. The van der Waals surface area contributed by atoms with Gasteiger partial charge in [0, 0.05) is 24.8 Å². The van der Waals surface area contributed by atoms with E-state index in [1.54, 1.807) is 25.5 Å². The third kappa shape index (κ3) is 4.00. The number of halogens is 3. The zero-order valence-electron chi connectivity index (χ0n) is 18.0. The van der Waals surface area contributed by atoms with Gasteiger partial charge in [0.2, 0.25) is 0 Å². The number of hydrogen-bond acceptors (Lipinski definition) is 5. The van der Waals surface area contributed by atoms with Crippen LogP contribution in [0, 0.1) is 12.7 Å². The maximum absolute atomic E-state index is 14.7. The SMILES string of the molecule is Cc1nc(N[C@H](C)c2cccc(C(F)F)c2F)c2cc(C3=CCNCC3)n(C)c(=O)c2n1. The molecule has 0 fully saturated rings. The van der Waals surface area contributed by atoms with Crippen molar-refractivity contribution in [3.63, 3.8) is 0 Å². The van der Waals surface area contributed by atoms with Crippen LogP contribution in [0.5, 0.6) is 0 Å². The smallest absolute Gasteiger partial charge is 0.277 e. The highest BCUT2D eigenvalue weighted by molar-refractivity contribution is 5.91. The average molecular weight is 443 g/mol. The van der Waals surface area contributed by atoms with Crippen molar-refractivity contribution in [2.75, 3.05) is 18.4 Å². The van der Waals surface area contributed by atoms with Gasteiger partial charge in [-0.1, -0.05) is 24.3 Å². The lowest BCUT2D eigenvalue weighted by molar-refractivity contribution is 0.146. The molecule has 4 rings (SSSR count). The van der Waals surface area contributed by atoms with E-state index in [1.165, 1.54) is 12.1 Å². The first kappa shape index (κ1) is 22.0. The van der Waals surface area contributed by atoms with Gasteiger partial charge in [0.25, 0.3) is 12.0 Å². The lowest BCUT2D eigenvalue weighted by atomic mass is 10.0. The van der Waals surface area contributed by atoms with Gasteiger partial charge in [0.05, 0.1) is 17.0 Å². The van der Waals surface area contributed by atoms with Crippen molar-refractivity contribution < 1.29 is 13.2 Å². The molecule has 1 atom stereocenters. The van der Waals surface area contributed by atoms with Crippen molar-refractivity contribution >= 4 is 22.3 Å². The number of alkyl halides is 2. The second kappa shape index (κ2) is 8.74. The fraction of sp³-hybridized carbons (Fsp3) is 0.348. The molecular weight excluding hydrogens is 419 g/mol. The lowest BCUT2D eigenvalue weighted by Gasteiger charge is -2.20. The van der Waals surface area contributed by atoms with Gasteiger partial charge in [-0.15, -0.1) is 0 Å². The molecule has 1 aromatic carbocycles. The van der Waals surface area contributed by atoms with Crippen molar-refractivity contribution in [1.29, 1.82) is 0 Å². The third-order valence-corrected chi connectivity index (χ3v) is 5.71. The number of benzene rings is 1. The number of hydrogen-bond donors (Lipinski definition) is 2. The van der Waals surface area contributed by atoms with E-state index in [9.17, 15) is 18.0 Å². The summed E-state index contributed by atoms with van der Waals surface area (Å²) < 4.78 is 42.5. The lowest BCUT2D eigenvalue weighted by Crippen LogP contribution is -2.25. The van der Waals surface area contributed by atoms with Gasteiger partial charge in [-0.25, -0.2) is 23.1 Å². The summed E-state index contributed by atoms with van der Waals surface area (Å²) in [5.74, 6) is -0.218. The molecule has 2 N–H and O–H groups in total. The Hall–Kier alpha value is -3.20. The second-order valence-corrected chi connectivity index (χ2v) is 7.88. The molecule has 6 nitrogen and oxygen atoms in total. The minimum Gasteiger partial charge on any atom is -0.363 e. The molecule has 9 heteroatoms. The molecule has 0 saturated carbocycles. The normalized spacial score (nSPS) is 15.2. The van der Waals surface area contributed by atoms with Crippen molar-refractivity contribution in [1.82, 2.24) is 19.9 Å². The molecule has 2 aromatic heterocycles. The van der Waals surface area contributed by atoms with Crippen molar-refractivity contribution in [3.05, 3.63) is 69.2 Å². The van der Waals surface area contributed by atoms with E-state index in [0.29, 0.717) is 23.6 Å². The third-order valence-electron chi connectivity index (χ3n) is 5.71. The fourth-order valence-corrected chi connectivity index (χ4v) is 4.01. The van der Waals surface area contributed by atoms with Crippen molar-refractivity contribution in [2.24, 2.45) is 7.05 Å². The monoisotopic (exact) mass is 443 g/mol. The van der Waals surface area contributed by atoms with Gasteiger partial charge in [-0.05, 0) is 38.5 Å². The number of rotatable bonds is 5. The minimum absolute atomic E-state index is 0.0948. The van der Waals surface area contributed by atoms with Gasteiger partial charge >= 0.3 is 0 Å². The Morgan fingerprint density at radius 2 is 1.97 bits per heavy atom. The fourth-order valence-electron chi connectivity index (χ4n) is 4.01. The summed E-state index contributed by atoms with van der Waals surface area (Å²) in [5.41, 5.74) is 1.24. The van der Waals surface area contributed by atoms with E-state index >= 15 is 0 Å².